The second-order valence-electron chi connectivity index (χ2n) is 2.89. The number of pyridine rings is 1. The van der Waals surface area contributed by atoms with Gasteiger partial charge in [0.15, 0.2) is 0 Å². The summed E-state index contributed by atoms with van der Waals surface area (Å²) in [7, 11) is 1.57. The number of aromatic nitrogens is 1. The summed E-state index contributed by atoms with van der Waals surface area (Å²) in [6.07, 6.45) is 1.24. The Kier molecular flexibility index (Phi) is 2.22. The van der Waals surface area contributed by atoms with Gasteiger partial charge in [-0.15, -0.1) is 0 Å². The van der Waals surface area contributed by atoms with Crippen LogP contribution in [0.15, 0.2) is 18.3 Å². The quantitative estimate of drug-likeness (QED) is 0.758. The van der Waals surface area contributed by atoms with Gasteiger partial charge in [0.2, 0.25) is 0 Å². The molecular formula is C9H10N2O3. The molecule has 5 nitrogen and oxygen atoms in total. The highest BCUT2D eigenvalue weighted by Crippen LogP contribution is 2.24. The Balaban J connectivity index is 2.27. The Morgan fingerprint density at radius 2 is 2.57 bits per heavy atom. The topological polar surface area (TPSA) is 60.5 Å². The lowest BCUT2D eigenvalue weighted by molar-refractivity contribution is 0.176. The first kappa shape index (κ1) is 8.80. The number of methoxy groups -OCH3 is 1. The van der Waals surface area contributed by atoms with Gasteiger partial charge in [-0.05, 0) is 12.1 Å². The first-order valence-electron chi connectivity index (χ1n) is 4.23. The fraction of sp³-hybridized carbons (Fsp3) is 0.333. The van der Waals surface area contributed by atoms with E-state index in [9.17, 15) is 4.79 Å². The van der Waals surface area contributed by atoms with Crippen LogP contribution >= 0.6 is 0 Å². The molecule has 0 saturated carbocycles. The highest BCUT2D eigenvalue weighted by molar-refractivity contribution is 5.70. The fourth-order valence-corrected chi connectivity index (χ4v) is 1.37. The summed E-state index contributed by atoms with van der Waals surface area (Å²) in [5.41, 5.74) is 0.695. The van der Waals surface area contributed by atoms with E-state index >= 15 is 0 Å². The molecule has 14 heavy (non-hydrogen) atoms. The number of nitrogens with one attached hydrogen (secondary N) is 1. The molecule has 0 bridgehead atoms. The van der Waals surface area contributed by atoms with Gasteiger partial charge in [0.25, 0.3) is 0 Å². The van der Waals surface area contributed by atoms with Crippen molar-refractivity contribution in [3.63, 3.8) is 0 Å². The molecule has 2 rings (SSSR count). The number of carbonyl (C=O) groups is 1. The summed E-state index contributed by atoms with van der Waals surface area (Å²) < 4.78 is 9.90. The zero-order chi connectivity index (χ0) is 9.97. The SMILES string of the molecule is COc1cccnc1C1COC(=O)N1. The summed E-state index contributed by atoms with van der Waals surface area (Å²) in [5, 5.41) is 2.64. The summed E-state index contributed by atoms with van der Waals surface area (Å²) in [6.45, 7) is 0.298. The van der Waals surface area contributed by atoms with Crippen LogP contribution in [-0.4, -0.2) is 24.8 Å². The molecule has 74 valence electrons. The Labute approximate surface area is 81.0 Å². The number of nitrogens with zero attached hydrogens (tertiary/aromatic N) is 1. The molecule has 0 spiro atoms. The van der Waals surface area contributed by atoms with E-state index in [2.05, 4.69) is 10.3 Å². The number of ether oxygens (including phenoxy) is 2. The second kappa shape index (κ2) is 3.53. The maximum absolute atomic E-state index is 10.8. The van der Waals surface area contributed by atoms with Crippen LogP contribution in [0, 0.1) is 0 Å². The van der Waals surface area contributed by atoms with Gasteiger partial charge in [-0.2, -0.15) is 0 Å². The van der Waals surface area contributed by atoms with Crippen molar-refractivity contribution in [2.24, 2.45) is 0 Å². The van der Waals surface area contributed by atoms with Crippen LogP contribution in [0.5, 0.6) is 5.75 Å². The maximum Gasteiger partial charge on any atom is 0.407 e. The summed E-state index contributed by atoms with van der Waals surface area (Å²) in [5.74, 6) is 0.656. The molecule has 2 heterocycles. The third-order valence-electron chi connectivity index (χ3n) is 2.02. The second-order valence-corrected chi connectivity index (χ2v) is 2.89. The van der Waals surface area contributed by atoms with Crippen molar-refractivity contribution in [3.05, 3.63) is 24.0 Å². The molecule has 1 aliphatic heterocycles. The van der Waals surface area contributed by atoms with Gasteiger partial charge in [-0.25, -0.2) is 4.79 Å². The molecular weight excluding hydrogens is 184 g/mol. The molecule has 1 N–H and O–H groups in total. The molecule has 1 unspecified atom stereocenters. The lowest BCUT2D eigenvalue weighted by Crippen LogP contribution is -2.19. The van der Waals surface area contributed by atoms with Crippen molar-refractivity contribution in [2.45, 2.75) is 6.04 Å². The zero-order valence-corrected chi connectivity index (χ0v) is 7.69. The van der Waals surface area contributed by atoms with E-state index in [1.165, 1.54) is 0 Å². The number of hydrogen-bond acceptors (Lipinski definition) is 4. The Bertz CT molecular complexity index is 354. The van der Waals surface area contributed by atoms with Crippen LogP contribution < -0.4 is 10.1 Å². The predicted molar refractivity (Wildman–Crippen MR) is 48.0 cm³/mol. The smallest absolute Gasteiger partial charge is 0.407 e. The van der Waals surface area contributed by atoms with Crippen molar-refractivity contribution in [1.29, 1.82) is 0 Å². The summed E-state index contributed by atoms with van der Waals surface area (Å²) in [6, 6.07) is 3.37. The van der Waals surface area contributed by atoms with Crippen LogP contribution in [0.3, 0.4) is 0 Å². The van der Waals surface area contributed by atoms with Crippen LogP contribution in [0.25, 0.3) is 0 Å². The molecule has 1 amide bonds. The van der Waals surface area contributed by atoms with Crippen LogP contribution in [0.1, 0.15) is 11.7 Å². The highest BCUT2D eigenvalue weighted by atomic mass is 16.6. The number of amides is 1. The van der Waals surface area contributed by atoms with E-state index in [1.807, 2.05) is 0 Å². The average Bonchev–Trinajstić information content (AvgIpc) is 2.65. The molecule has 1 saturated heterocycles. The molecule has 1 fully saturated rings. The van der Waals surface area contributed by atoms with Gasteiger partial charge < -0.3 is 14.8 Å². The maximum atomic E-state index is 10.8. The van der Waals surface area contributed by atoms with Crippen LogP contribution in [0.2, 0.25) is 0 Å². The third-order valence-corrected chi connectivity index (χ3v) is 2.02. The number of alkyl carbamates (subject to hydrolysis) is 1. The molecule has 0 aliphatic carbocycles. The molecule has 0 aromatic carbocycles. The largest absolute Gasteiger partial charge is 0.495 e. The standard InChI is InChI=1S/C9H10N2O3/c1-13-7-3-2-4-10-8(7)6-5-14-9(12)11-6/h2-4,6H,5H2,1H3,(H,11,12). The zero-order valence-electron chi connectivity index (χ0n) is 7.69. The first-order valence-corrected chi connectivity index (χ1v) is 4.23. The van der Waals surface area contributed by atoms with E-state index in [-0.39, 0.29) is 6.04 Å². The minimum Gasteiger partial charge on any atom is -0.495 e. The first-order chi connectivity index (χ1) is 6.81. The lowest BCUT2D eigenvalue weighted by Gasteiger charge is -2.10. The number of rotatable bonds is 2. The van der Waals surface area contributed by atoms with Crippen molar-refractivity contribution < 1.29 is 14.3 Å². The van der Waals surface area contributed by atoms with Gasteiger partial charge in [0.1, 0.15) is 24.1 Å². The average molecular weight is 194 g/mol. The van der Waals surface area contributed by atoms with Crippen LogP contribution in [0.4, 0.5) is 4.79 Å². The van der Waals surface area contributed by atoms with E-state index < -0.39 is 6.09 Å². The molecule has 1 atom stereocenters. The molecule has 0 radical (unpaired) electrons. The minimum atomic E-state index is -0.414. The third kappa shape index (κ3) is 1.48. The Morgan fingerprint density at radius 3 is 3.21 bits per heavy atom. The molecule has 1 aromatic rings. The number of cyclic esters (lactones) is 1. The molecule has 1 aliphatic rings. The molecule has 1 aromatic heterocycles. The molecule has 5 heteroatoms. The van der Waals surface area contributed by atoms with Crippen molar-refractivity contribution in [3.8, 4) is 5.75 Å². The van der Waals surface area contributed by atoms with Gasteiger partial charge in [-0.1, -0.05) is 0 Å². The van der Waals surface area contributed by atoms with Gasteiger partial charge >= 0.3 is 6.09 Å². The monoisotopic (exact) mass is 194 g/mol. The van der Waals surface area contributed by atoms with E-state index in [0.29, 0.717) is 18.1 Å². The summed E-state index contributed by atoms with van der Waals surface area (Å²) in [4.78, 5) is 15.0. The predicted octanol–water partition coefficient (Wildman–Crippen LogP) is 0.871. The van der Waals surface area contributed by atoms with Crippen molar-refractivity contribution in [1.82, 2.24) is 10.3 Å². The Hall–Kier alpha value is -1.78. The van der Waals surface area contributed by atoms with Gasteiger partial charge in [0.05, 0.1) is 7.11 Å². The minimum absolute atomic E-state index is 0.210. The fourth-order valence-electron chi connectivity index (χ4n) is 1.37. The summed E-state index contributed by atoms with van der Waals surface area (Å²) >= 11 is 0. The number of hydrogen-bond donors (Lipinski definition) is 1. The number of carbonyl (C=O) groups excluding carboxylic acids is 1. The van der Waals surface area contributed by atoms with Crippen LogP contribution in [-0.2, 0) is 4.74 Å². The van der Waals surface area contributed by atoms with E-state index in [4.69, 9.17) is 9.47 Å². The van der Waals surface area contributed by atoms with Gasteiger partial charge in [-0.3, -0.25) is 4.98 Å². The highest BCUT2D eigenvalue weighted by Gasteiger charge is 2.27. The normalized spacial score (nSPS) is 20.1. The van der Waals surface area contributed by atoms with E-state index in [0.717, 1.165) is 0 Å². The van der Waals surface area contributed by atoms with Crippen molar-refractivity contribution in [2.75, 3.05) is 13.7 Å². The Morgan fingerprint density at radius 1 is 1.71 bits per heavy atom. The van der Waals surface area contributed by atoms with Gasteiger partial charge in [0, 0.05) is 6.20 Å². The lowest BCUT2D eigenvalue weighted by atomic mass is 10.2. The van der Waals surface area contributed by atoms with E-state index in [1.54, 1.807) is 25.4 Å². The van der Waals surface area contributed by atoms with Crippen molar-refractivity contribution >= 4 is 6.09 Å².